The summed E-state index contributed by atoms with van der Waals surface area (Å²) in [5, 5.41) is 0.647. The molecule has 0 bridgehead atoms. The van der Waals surface area contributed by atoms with Crippen LogP contribution in [0.3, 0.4) is 0 Å². The van der Waals surface area contributed by atoms with E-state index in [1.54, 1.807) is 0 Å². The van der Waals surface area contributed by atoms with Crippen LogP contribution in [0.2, 0.25) is 0 Å². The standard InChI is InChI=1S/C19H40N2OS.2ClH/c1-2-3-4-5-6-7-8-9-10-11-12-13-14-15-19(23)22-18(21)16-17-20;;/h18H,2-17,20-21H2,1H3;2*1H. The van der Waals surface area contributed by atoms with Crippen LogP contribution in [0.4, 0.5) is 0 Å². The molecule has 0 aromatic heterocycles. The minimum Gasteiger partial charge on any atom is -0.469 e. The summed E-state index contributed by atoms with van der Waals surface area (Å²) in [7, 11) is 0. The van der Waals surface area contributed by atoms with Crippen LogP contribution >= 0.6 is 37.0 Å². The highest BCUT2D eigenvalue weighted by molar-refractivity contribution is 7.80. The molecule has 0 fully saturated rings. The fourth-order valence-corrected chi connectivity index (χ4v) is 3.01. The molecule has 25 heavy (non-hydrogen) atoms. The summed E-state index contributed by atoms with van der Waals surface area (Å²) in [6, 6.07) is 0. The average Bonchev–Trinajstić information content (AvgIpc) is 2.52. The lowest BCUT2D eigenvalue weighted by molar-refractivity contribution is 0.188. The molecule has 0 aliphatic heterocycles. The van der Waals surface area contributed by atoms with E-state index < -0.39 is 0 Å². The van der Waals surface area contributed by atoms with Gasteiger partial charge in [-0.25, -0.2) is 0 Å². The van der Waals surface area contributed by atoms with E-state index in [-0.39, 0.29) is 31.0 Å². The highest BCUT2D eigenvalue weighted by Gasteiger charge is 2.05. The Kier molecular flexibility index (Phi) is 29.4. The lowest BCUT2D eigenvalue weighted by Crippen LogP contribution is -2.28. The molecule has 0 saturated heterocycles. The van der Waals surface area contributed by atoms with Crippen molar-refractivity contribution in [2.45, 2.75) is 109 Å². The number of ether oxygens (including phenoxy) is 1. The van der Waals surface area contributed by atoms with E-state index in [0.29, 0.717) is 18.0 Å². The number of nitrogens with two attached hydrogens (primary N) is 2. The highest BCUT2D eigenvalue weighted by atomic mass is 35.5. The predicted octanol–water partition coefficient (Wildman–Crippen LogP) is 6.29. The van der Waals surface area contributed by atoms with Crippen LogP contribution in [0.5, 0.6) is 0 Å². The molecular weight excluding hydrogens is 375 g/mol. The number of unbranched alkanes of at least 4 members (excludes halogenated alkanes) is 12. The molecular formula is C19H42Cl2N2OS. The predicted molar refractivity (Wildman–Crippen MR) is 120 cm³/mol. The Labute approximate surface area is 174 Å². The largest absolute Gasteiger partial charge is 0.469 e. The van der Waals surface area contributed by atoms with Gasteiger partial charge in [-0.1, -0.05) is 84.0 Å². The van der Waals surface area contributed by atoms with E-state index in [1.165, 1.54) is 77.0 Å². The molecule has 0 spiro atoms. The van der Waals surface area contributed by atoms with Crippen LogP contribution < -0.4 is 11.5 Å². The zero-order valence-corrected chi connectivity index (χ0v) is 18.6. The minimum atomic E-state index is -0.325. The fourth-order valence-electron chi connectivity index (χ4n) is 2.74. The van der Waals surface area contributed by atoms with Crippen molar-refractivity contribution < 1.29 is 4.74 Å². The van der Waals surface area contributed by atoms with Crippen LogP contribution in [0.1, 0.15) is 103 Å². The molecule has 154 valence electrons. The van der Waals surface area contributed by atoms with Crippen molar-refractivity contribution in [3.05, 3.63) is 0 Å². The van der Waals surface area contributed by atoms with Gasteiger partial charge in [-0.15, -0.1) is 24.8 Å². The highest BCUT2D eigenvalue weighted by Crippen LogP contribution is 2.13. The lowest BCUT2D eigenvalue weighted by atomic mass is 10.0. The van der Waals surface area contributed by atoms with Crippen LogP contribution in [-0.4, -0.2) is 17.8 Å². The Morgan fingerprint density at radius 2 is 1.20 bits per heavy atom. The summed E-state index contributed by atoms with van der Waals surface area (Å²) in [4.78, 5) is 0. The van der Waals surface area contributed by atoms with Gasteiger partial charge in [0.25, 0.3) is 0 Å². The van der Waals surface area contributed by atoms with Crippen molar-refractivity contribution in [1.29, 1.82) is 0 Å². The maximum atomic E-state index is 5.74. The summed E-state index contributed by atoms with van der Waals surface area (Å²) in [5.74, 6) is 0. The fraction of sp³-hybridized carbons (Fsp3) is 0.947. The molecule has 1 atom stereocenters. The molecule has 0 aromatic carbocycles. The van der Waals surface area contributed by atoms with Crippen molar-refractivity contribution in [2.24, 2.45) is 11.5 Å². The molecule has 3 nitrogen and oxygen atoms in total. The van der Waals surface area contributed by atoms with Gasteiger partial charge in [-0.2, -0.15) is 0 Å². The third-order valence-electron chi connectivity index (χ3n) is 4.22. The van der Waals surface area contributed by atoms with E-state index in [4.69, 9.17) is 28.4 Å². The van der Waals surface area contributed by atoms with Crippen molar-refractivity contribution in [3.63, 3.8) is 0 Å². The molecule has 0 aliphatic rings. The molecule has 0 aliphatic carbocycles. The lowest BCUT2D eigenvalue weighted by Gasteiger charge is -2.13. The summed E-state index contributed by atoms with van der Waals surface area (Å²) in [6.45, 7) is 2.82. The molecule has 4 N–H and O–H groups in total. The third-order valence-corrected chi connectivity index (χ3v) is 4.52. The topological polar surface area (TPSA) is 61.3 Å². The number of hydrogen-bond donors (Lipinski definition) is 2. The Morgan fingerprint density at radius 1 is 0.800 bits per heavy atom. The quantitative estimate of drug-likeness (QED) is 0.166. The van der Waals surface area contributed by atoms with Gasteiger partial charge in [0.1, 0.15) is 6.23 Å². The van der Waals surface area contributed by atoms with Crippen molar-refractivity contribution in [3.8, 4) is 0 Å². The number of rotatable bonds is 17. The first kappa shape index (κ1) is 30.1. The van der Waals surface area contributed by atoms with Crippen molar-refractivity contribution >= 4 is 42.1 Å². The first-order valence-electron chi connectivity index (χ1n) is 9.85. The van der Waals surface area contributed by atoms with E-state index >= 15 is 0 Å². The summed E-state index contributed by atoms with van der Waals surface area (Å²) in [6.07, 6.45) is 18.9. The van der Waals surface area contributed by atoms with Gasteiger partial charge in [-0.05, 0) is 25.2 Å². The van der Waals surface area contributed by atoms with Crippen molar-refractivity contribution in [1.82, 2.24) is 0 Å². The van der Waals surface area contributed by atoms with E-state index in [0.717, 1.165) is 12.8 Å². The number of hydrogen-bond acceptors (Lipinski definition) is 4. The SMILES string of the molecule is CCCCCCCCCCCCCCCC(=S)OC(N)CCN.Cl.Cl. The van der Waals surface area contributed by atoms with E-state index in [2.05, 4.69) is 6.92 Å². The zero-order valence-electron chi connectivity index (χ0n) is 16.2. The monoisotopic (exact) mass is 416 g/mol. The molecule has 0 radical (unpaired) electrons. The van der Waals surface area contributed by atoms with Gasteiger partial charge in [0.2, 0.25) is 0 Å². The smallest absolute Gasteiger partial charge is 0.162 e. The van der Waals surface area contributed by atoms with Gasteiger partial charge in [0.15, 0.2) is 5.05 Å². The second kappa shape index (κ2) is 24.4. The first-order chi connectivity index (χ1) is 11.2. The van der Waals surface area contributed by atoms with Gasteiger partial charge >= 0.3 is 0 Å². The zero-order chi connectivity index (χ0) is 17.2. The van der Waals surface area contributed by atoms with Crippen LogP contribution in [0.15, 0.2) is 0 Å². The van der Waals surface area contributed by atoms with Gasteiger partial charge in [0, 0.05) is 12.8 Å². The Morgan fingerprint density at radius 3 is 1.60 bits per heavy atom. The van der Waals surface area contributed by atoms with E-state index in [9.17, 15) is 0 Å². The van der Waals surface area contributed by atoms with Crippen molar-refractivity contribution in [2.75, 3.05) is 6.54 Å². The van der Waals surface area contributed by atoms with Gasteiger partial charge in [0.05, 0.1) is 0 Å². The van der Waals surface area contributed by atoms with Crippen LogP contribution in [-0.2, 0) is 4.74 Å². The molecule has 0 heterocycles. The Hall–Kier alpha value is 0.390. The summed E-state index contributed by atoms with van der Waals surface area (Å²) in [5.41, 5.74) is 11.2. The Balaban J connectivity index is -0.00000242. The van der Waals surface area contributed by atoms with E-state index in [1.807, 2.05) is 0 Å². The molecule has 6 heteroatoms. The Bertz CT molecular complexity index is 272. The van der Waals surface area contributed by atoms with Gasteiger partial charge in [-0.3, -0.25) is 5.73 Å². The molecule has 0 rings (SSSR count). The van der Waals surface area contributed by atoms with Crippen LogP contribution in [0.25, 0.3) is 0 Å². The second-order valence-corrected chi connectivity index (χ2v) is 7.05. The maximum Gasteiger partial charge on any atom is 0.162 e. The molecule has 0 amide bonds. The summed E-state index contributed by atoms with van der Waals surface area (Å²) >= 11 is 5.19. The summed E-state index contributed by atoms with van der Waals surface area (Å²) < 4.78 is 5.43. The average molecular weight is 418 g/mol. The molecule has 0 saturated carbocycles. The second-order valence-electron chi connectivity index (χ2n) is 6.60. The number of thiocarbonyl (C=S) groups is 1. The normalized spacial score (nSPS) is 11.3. The molecule has 1 unspecified atom stereocenters. The van der Waals surface area contributed by atoms with Crippen LogP contribution in [0, 0.1) is 0 Å². The third kappa shape index (κ3) is 24.4. The molecule has 0 aromatic rings. The maximum absolute atomic E-state index is 5.74. The van der Waals surface area contributed by atoms with Gasteiger partial charge < -0.3 is 10.5 Å². The first-order valence-corrected chi connectivity index (χ1v) is 10.3. The minimum absolute atomic E-state index is 0. The number of halogens is 2.